The first-order valence-corrected chi connectivity index (χ1v) is 10.2. The van der Waals surface area contributed by atoms with Crippen LogP contribution in [0.5, 0.6) is 0 Å². The minimum absolute atomic E-state index is 0.285. The van der Waals surface area contributed by atoms with E-state index in [0.29, 0.717) is 27.9 Å². The zero-order valence-corrected chi connectivity index (χ0v) is 17.6. The number of carbonyl (C=O) groups is 1. The molecule has 4 rings (SSSR count). The van der Waals surface area contributed by atoms with Gasteiger partial charge in [0.15, 0.2) is 11.6 Å². The monoisotopic (exact) mass is 433 g/mol. The number of aromatic nitrogens is 2. The molecule has 0 fully saturated rings. The number of anilines is 1. The third kappa shape index (κ3) is 4.27. The first kappa shape index (κ1) is 21.4. The molecular formula is C25H21F2N3O2. The highest BCUT2D eigenvalue weighted by Crippen LogP contribution is 2.26. The van der Waals surface area contributed by atoms with Gasteiger partial charge in [0.05, 0.1) is 11.1 Å². The number of fused-ring (bicyclic) bond motifs is 1. The first-order chi connectivity index (χ1) is 15.3. The molecule has 0 spiro atoms. The fraction of sp³-hybridized carbons (Fsp3) is 0.160. The Morgan fingerprint density at radius 3 is 2.31 bits per heavy atom. The van der Waals surface area contributed by atoms with Crippen molar-refractivity contribution in [2.75, 3.05) is 5.32 Å². The molecule has 32 heavy (non-hydrogen) atoms. The number of carbonyl (C=O) groups excluding carboxylic acids is 1. The topological polar surface area (TPSA) is 64.0 Å². The quantitative estimate of drug-likeness (QED) is 0.476. The molecule has 0 radical (unpaired) electrons. The minimum Gasteiger partial charge on any atom is -0.324 e. The number of amides is 1. The number of hydrogen-bond donors (Lipinski definition) is 1. The van der Waals surface area contributed by atoms with Gasteiger partial charge in [0.2, 0.25) is 5.91 Å². The molecule has 1 aromatic heterocycles. The summed E-state index contributed by atoms with van der Waals surface area (Å²) in [6, 6.07) is 17.6. The predicted octanol–water partition coefficient (Wildman–Crippen LogP) is 5.10. The number of rotatable bonds is 5. The minimum atomic E-state index is -1.02. The van der Waals surface area contributed by atoms with Gasteiger partial charge in [0.25, 0.3) is 5.56 Å². The van der Waals surface area contributed by atoms with Gasteiger partial charge in [-0.3, -0.25) is 9.59 Å². The van der Waals surface area contributed by atoms with Gasteiger partial charge < -0.3 is 5.32 Å². The molecule has 0 aliphatic heterocycles. The molecule has 0 unspecified atom stereocenters. The molecule has 162 valence electrons. The summed E-state index contributed by atoms with van der Waals surface area (Å²) in [6.45, 7) is 3.83. The molecule has 4 aromatic rings. The van der Waals surface area contributed by atoms with E-state index in [9.17, 15) is 18.4 Å². The van der Waals surface area contributed by atoms with Crippen molar-refractivity contribution in [1.29, 1.82) is 0 Å². The Morgan fingerprint density at radius 2 is 1.66 bits per heavy atom. The Balaban J connectivity index is 1.69. The van der Waals surface area contributed by atoms with Crippen LogP contribution in [0.15, 0.2) is 71.5 Å². The average molecular weight is 433 g/mol. The van der Waals surface area contributed by atoms with E-state index >= 15 is 0 Å². The van der Waals surface area contributed by atoms with Crippen molar-refractivity contribution >= 4 is 22.4 Å². The lowest BCUT2D eigenvalue weighted by atomic mass is 10.0. The zero-order valence-electron chi connectivity index (χ0n) is 17.6. The molecule has 7 heteroatoms. The smallest absolute Gasteiger partial charge is 0.275 e. The van der Waals surface area contributed by atoms with Crippen LogP contribution in [-0.4, -0.2) is 15.7 Å². The molecule has 0 aliphatic rings. The van der Waals surface area contributed by atoms with Crippen molar-refractivity contribution in [3.8, 4) is 11.3 Å². The maximum Gasteiger partial charge on any atom is 0.275 e. The van der Waals surface area contributed by atoms with Crippen molar-refractivity contribution in [3.63, 3.8) is 0 Å². The summed E-state index contributed by atoms with van der Waals surface area (Å²) < 4.78 is 28.3. The lowest BCUT2D eigenvalue weighted by Gasteiger charge is -2.12. The summed E-state index contributed by atoms with van der Waals surface area (Å²) in [7, 11) is 0. The van der Waals surface area contributed by atoms with Crippen LogP contribution in [-0.2, 0) is 11.3 Å². The molecule has 5 nitrogen and oxygen atoms in total. The Morgan fingerprint density at radius 1 is 0.969 bits per heavy atom. The maximum absolute atomic E-state index is 13.8. The lowest BCUT2D eigenvalue weighted by Crippen LogP contribution is -2.30. The number of nitrogens with zero attached hydrogens (tertiary/aromatic N) is 2. The average Bonchev–Trinajstić information content (AvgIpc) is 2.78. The molecule has 0 atom stereocenters. The van der Waals surface area contributed by atoms with Gasteiger partial charge in [0, 0.05) is 16.6 Å². The van der Waals surface area contributed by atoms with Gasteiger partial charge >= 0.3 is 0 Å². The van der Waals surface area contributed by atoms with E-state index in [2.05, 4.69) is 24.3 Å². The SMILES string of the molecule is CC(C)c1ccc(NC(=O)Cn2nc(-c3ccc(F)c(F)c3)c3ccccc3c2=O)cc1. The number of halogens is 2. The van der Waals surface area contributed by atoms with E-state index in [1.54, 1.807) is 36.4 Å². The third-order valence-electron chi connectivity index (χ3n) is 5.22. The summed E-state index contributed by atoms with van der Waals surface area (Å²) in [6.07, 6.45) is 0. The summed E-state index contributed by atoms with van der Waals surface area (Å²) >= 11 is 0. The van der Waals surface area contributed by atoms with Gasteiger partial charge in [0.1, 0.15) is 6.54 Å². The van der Waals surface area contributed by atoms with Gasteiger partial charge in [-0.25, -0.2) is 13.5 Å². The molecule has 1 heterocycles. The van der Waals surface area contributed by atoms with Crippen molar-refractivity contribution in [1.82, 2.24) is 9.78 Å². The highest BCUT2D eigenvalue weighted by atomic mass is 19.2. The van der Waals surface area contributed by atoms with E-state index in [0.717, 1.165) is 22.4 Å². The van der Waals surface area contributed by atoms with E-state index in [4.69, 9.17) is 0 Å². The van der Waals surface area contributed by atoms with Crippen LogP contribution in [0.25, 0.3) is 22.0 Å². The molecule has 3 aromatic carbocycles. The molecule has 0 saturated carbocycles. The Kier molecular flexibility index (Phi) is 5.81. The van der Waals surface area contributed by atoms with Crippen LogP contribution in [0.1, 0.15) is 25.3 Å². The van der Waals surface area contributed by atoms with E-state index < -0.39 is 23.1 Å². The van der Waals surface area contributed by atoms with E-state index in [1.807, 2.05) is 12.1 Å². The standard InChI is InChI=1S/C25H21F2N3O2/c1-15(2)16-7-10-18(11-8-16)28-23(31)14-30-25(32)20-6-4-3-5-19(20)24(29-30)17-9-12-21(26)22(27)13-17/h3-13,15H,14H2,1-2H3,(H,28,31). The molecule has 1 N–H and O–H groups in total. The van der Waals surface area contributed by atoms with Crippen molar-refractivity contribution in [3.05, 3.63) is 94.3 Å². The van der Waals surface area contributed by atoms with Crippen LogP contribution >= 0.6 is 0 Å². The van der Waals surface area contributed by atoms with Crippen molar-refractivity contribution < 1.29 is 13.6 Å². The van der Waals surface area contributed by atoms with Gasteiger partial charge in [-0.15, -0.1) is 0 Å². The van der Waals surface area contributed by atoms with Gasteiger partial charge in [-0.2, -0.15) is 5.10 Å². The summed E-state index contributed by atoms with van der Waals surface area (Å²) in [5.41, 5.74) is 1.89. The summed E-state index contributed by atoms with van der Waals surface area (Å²) in [5, 5.41) is 7.89. The van der Waals surface area contributed by atoms with Crippen molar-refractivity contribution in [2.45, 2.75) is 26.3 Å². The molecule has 0 bridgehead atoms. The van der Waals surface area contributed by atoms with Crippen LogP contribution < -0.4 is 10.9 Å². The highest BCUT2D eigenvalue weighted by molar-refractivity contribution is 5.94. The molecule has 1 amide bonds. The largest absolute Gasteiger partial charge is 0.324 e. The summed E-state index contributed by atoms with van der Waals surface area (Å²) in [5.74, 6) is -2.05. The normalized spacial score (nSPS) is 11.2. The fourth-order valence-electron chi connectivity index (χ4n) is 3.49. The maximum atomic E-state index is 13.8. The van der Waals surface area contributed by atoms with E-state index in [1.165, 1.54) is 6.07 Å². The third-order valence-corrected chi connectivity index (χ3v) is 5.22. The molecule has 0 saturated heterocycles. The van der Waals surface area contributed by atoms with Crippen LogP contribution in [0.2, 0.25) is 0 Å². The van der Waals surface area contributed by atoms with Crippen LogP contribution in [0.3, 0.4) is 0 Å². The Bertz CT molecular complexity index is 1360. The zero-order chi connectivity index (χ0) is 22.8. The van der Waals surface area contributed by atoms with Gasteiger partial charge in [-0.1, -0.05) is 44.2 Å². The second kappa shape index (κ2) is 8.70. The fourth-order valence-corrected chi connectivity index (χ4v) is 3.49. The Hall–Kier alpha value is -3.87. The molecule has 0 aliphatic carbocycles. The number of nitrogens with one attached hydrogen (secondary N) is 1. The first-order valence-electron chi connectivity index (χ1n) is 10.2. The second-order valence-electron chi connectivity index (χ2n) is 7.81. The molecular weight excluding hydrogens is 412 g/mol. The number of benzene rings is 3. The predicted molar refractivity (Wildman–Crippen MR) is 121 cm³/mol. The van der Waals surface area contributed by atoms with E-state index in [-0.39, 0.29) is 12.2 Å². The Labute approximate surface area is 183 Å². The summed E-state index contributed by atoms with van der Waals surface area (Å²) in [4.78, 5) is 25.5. The van der Waals surface area contributed by atoms with Crippen molar-refractivity contribution in [2.24, 2.45) is 0 Å². The van der Waals surface area contributed by atoms with Gasteiger partial charge in [-0.05, 0) is 47.9 Å². The highest BCUT2D eigenvalue weighted by Gasteiger charge is 2.16. The van der Waals surface area contributed by atoms with Crippen LogP contribution in [0.4, 0.5) is 14.5 Å². The lowest BCUT2D eigenvalue weighted by molar-refractivity contribution is -0.117. The van der Waals surface area contributed by atoms with Crippen LogP contribution in [0, 0.1) is 11.6 Å². The number of hydrogen-bond acceptors (Lipinski definition) is 3. The second-order valence-corrected chi connectivity index (χ2v) is 7.81.